The Morgan fingerprint density at radius 1 is 0.812 bits per heavy atom. The van der Waals surface area contributed by atoms with Crippen LogP contribution in [0.15, 0.2) is 24.8 Å². The lowest BCUT2D eigenvalue weighted by molar-refractivity contribution is -0.284. The summed E-state index contributed by atoms with van der Waals surface area (Å²) in [7, 11) is 0. The van der Waals surface area contributed by atoms with E-state index in [1.807, 2.05) is 6.08 Å². The van der Waals surface area contributed by atoms with Gasteiger partial charge in [-0.25, -0.2) is 0 Å². The number of hydrogen-bond donors (Lipinski definition) is 0. The minimum Gasteiger partial charge on any atom is -0.294 e. The van der Waals surface area contributed by atoms with Crippen molar-refractivity contribution in [1.82, 2.24) is 5.06 Å². The monoisotopic (exact) mass is 443 g/mol. The van der Waals surface area contributed by atoms with E-state index in [2.05, 4.69) is 58.4 Å². The molecule has 3 rings (SSSR count). The molecule has 1 saturated heterocycles. The van der Waals surface area contributed by atoms with E-state index in [-0.39, 0.29) is 11.1 Å². The maximum absolute atomic E-state index is 6.14. The van der Waals surface area contributed by atoms with Crippen LogP contribution in [0.4, 0.5) is 0 Å². The summed E-state index contributed by atoms with van der Waals surface area (Å²) in [4.78, 5) is 6.14. The van der Waals surface area contributed by atoms with Gasteiger partial charge >= 0.3 is 0 Å². The second-order valence-corrected chi connectivity index (χ2v) is 12.7. The molecule has 2 saturated carbocycles. The molecule has 0 atom stereocenters. The summed E-state index contributed by atoms with van der Waals surface area (Å²) >= 11 is 0. The highest BCUT2D eigenvalue weighted by atomic mass is 16.7. The second-order valence-electron chi connectivity index (χ2n) is 12.7. The number of unbranched alkanes of at least 4 members (excludes halogenated alkanes) is 1. The zero-order valence-electron chi connectivity index (χ0n) is 22.1. The summed E-state index contributed by atoms with van der Waals surface area (Å²) in [6.07, 6.45) is 25.4. The summed E-state index contributed by atoms with van der Waals surface area (Å²) in [5, 5.41) is 2.28. The van der Waals surface area contributed by atoms with Gasteiger partial charge in [-0.15, -0.1) is 6.58 Å². The Labute approximate surface area is 200 Å². The smallest absolute Gasteiger partial charge is 0.0864 e. The first-order valence-electron chi connectivity index (χ1n) is 14.0. The molecule has 2 heteroatoms. The third kappa shape index (κ3) is 6.95. The van der Waals surface area contributed by atoms with Crippen LogP contribution in [0.1, 0.15) is 118 Å². The Hall–Kier alpha value is -0.600. The van der Waals surface area contributed by atoms with Gasteiger partial charge in [-0.2, -0.15) is 5.06 Å². The minimum atomic E-state index is 0.0855. The molecule has 2 aliphatic carbocycles. The van der Waals surface area contributed by atoms with Crippen molar-refractivity contribution in [3.05, 3.63) is 24.8 Å². The van der Waals surface area contributed by atoms with E-state index in [1.165, 1.54) is 83.5 Å². The Morgan fingerprint density at radius 3 is 1.84 bits per heavy atom. The van der Waals surface area contributed by atoms with Crippen LogP contribution in [0.3, 0.4) is 0 Å². The number of rotatable bonds is 9. The van der Waals surface area contributed by atoms with Crippen molar-refractivity contribution in [3.8, 4) is 0 Å². The molecule has 2 nitrogen and oxygen atoms in total. The molecule has 0 N–H and O–H groups in total. The van der Waals surface area contributed by atoms with Crippen molar-refractivity contribution in [1.29, 1.82) is 0 Å². The lowest BCUT2D eigenvalue weighted by Gasteiger charge is -2.55. The van der Waals surface area contributed by atoms with Gasteiger partial charge in [-0.3, -0.25) is 4.84 Å². The molecule has 1 heterocycles. The summed E-state index contributed by atoms with van der Waals surface area (Å²) in [5.74, 6) is 4.45. The summed E-state index contributed by atoms with van der Waals surface area (Å²) in [6.45, 7) is 16.3. The summed E-state index contributed by atoms with van der Waals surface area (Å²) in [6, 6.07) is 0. The van der Waals surface area contributed by atoms with Crippen molar-refractivity contribution < 1.29 is 4.84 Å². The van der Waals surface area contributed by atoms with Gasteiger partial charge in [-0.1, -0.05) is 44.4 Å². The Bertz CT molecular complexity index is 572. The van der Waals surface area contributed by atoms with Crippen LogP contribution in [0.2, 0.25) is 0 Å². The van der Waals surface area contributed by atoms with E-state index in [0.717, 1.165) is 29.6 Å². The molecule has 0 aromatic heterocycles. The van der Waals surface area contributed by atoms with Crippen LogP contribution in [0.5, 0.6) is 0 Å². The minimum absolute atomic E-state index is 0.0855. The summed E-state index contributed by atoms with van der Waals surface area (Å²) < 4.78 is 0. The molecule has 1 aliphatic heterocycles. The highest BCUT2D eigenvalue weighted by Crippen LogP contribution is 2.48. The van der Waals surface area contributed by atoms with Crippen LogP contribution in [-0.4, -0.2) is 22.7 Å². The van der Waals surface area contributed by atoms with Crippen LogP contribution in [0.25, 0.3) is 0 Å². The Morgan fingerprint density at radius 2 is 1.34 bits per heavy atom. The van der Waals surface area contributed by atoms with E-state index >= 15 is 0 Å². The van der Waals surface area contributed by atoms with Crippen LogP contribution in [0, 0.1) is 29.6 Å². The standard InChI is InChI=1S/C30H53NO/c1-7-9-10-24-11-13-25(14-12-24)15-16-26-17-19-27(20-18-26)28-22-29(3,4)31(32-21-8-2)30(5,6)23-28/h8,15-16,24-28H,2,7,9-14,17-23H2,1,3-6H3/b16-15+. The second kappa shape index (κ2) is 11.7. The van der Waals surface area contributed by atoms with Crippen LogP contribution >= 0.6 is 0 Å². The fourth-order valence-electron chi connectivity index (χ4n) is 7.44. The third-order valence-electron chi connectivity index (χ3n) is 8.94. The lowest BCUT2D eigenvalue weighted by Crippen LogP contribution is -2.61. The number of hydrogen-bond acceptors (Lipinski definition) is 2. The van der Waals surface area contributed by atoms with Gasteiger partial charge in [0, 0.05) is 11.1 Å². The van der Waals surface area contributed by atoms with Crippen LogP contribution < -0.4 is 0 Å². The average Bonchev–Trinajstić information content (AvgIpc) is 2.76. The lowest BCUT2D eigenvalue weighted by atomic mass is 9.65. The molecular formula is C30H53NO. The molecule has 32 heavy (non-hydrogen) atoms. The van der Waals surface area contributed by atoms with Crippen molar-refractivity contribution in [2.24, 2.45) is 29.6 Å². The van der Waals surface area contributed by atoms with Crippen molar-refractivity contribution in [3.63, 3.8) is 0 Å². The maximum atomic E-state index is 6.14. The van der Waals surface area contributed by atoms with E-state index in [4.69, 9.17) is 4.84 Å². The van der Waals surface area contributed by atoms with E-state index < -0.39 is 0 Å². The molecule has 0 amide bonds. The molecule has 3 aliphatic rings. The van der Waals surface area contributed by atoms with Crippen molar-refractivity contribution in [2.45, 2.75) is 129 Å². The van der Waals surface area contributed by atoms with Crippen molar-refractivity contribution >= 4 is 0 Å². The predicted octanol–water partition coefficient (Wildman–Crippen LogP) is 8.73. The molecule has 0 aromatic carbocycles. The number of piperidine rings is 1. The Balaban J connectivity index is 1.45. The van der Waals surface area contributed by atoms with Gasteiger partial charge in [-0.05, 0) is 121 Å². The Kier molecular flexibility index (Phi) is 9.51. The normalized spacial score (nSPS) is 34.0. The fourth-order valence-corrected chi connectivity index (χ4v) is 7.44. The quantitative estimate of drug-likeness (QED) is 0.330. The van der Waals surface area contributed by atoms with Crippen molar-refractivity contribution in [2.75, 3.05) is 6.61 Å². The average molecular weight is 444 g/mol. The molecule has 0 unspecified atom stereocenters. The van der Waals surface area contributed by atoms with Gasteiger partial charge in [0.05, 0.1) is 6.61 Å². The number of hydroxylamine groups is 2. The molecule has 3 fully saturated rings. The first kappa shape index (κ1) is 26.0. The highest BCUT2D eigenvalue weighted by molar-refractivity contribution is 5.01. The molecule has 0 bridgehead atoms. The highest BCUT2D eigenvalue weighted by Gasteiger charge is 2.48. The predicted molar refractivity (Wildman–Crippen MR) is 138 cm³/mol. The van der Waals surface area contributed by atoms with Gasteiger partial charge in [0.2, 0.25) is 0 Å². The SMILES string of the molecule is C=CCON1C(C)(C)CC(C2CCC(/C=C/C3CCC(CCCC)CC3)CC2)CC1(C)C. The van der Waals surface area contributed by atoms with Gasteiger partial charge in [0.25, 0.3) is 0 Å². The molecule has 0 radical (unpaired) electrons. The first-order chi connectivity index (χ1) is 15.2. The van der Waals surface area contributed by atoms with Gasteiger partial charge in [0.15, 0.2) is 0 Å². The maximum Gasteiger partial charge on any atom is 0.0864 e. The largest absolute Gasteiger partial charge is 0.294 e. The number of allylic oxidation sites excluding steroid dienone is 2. The van der Waals surface area contributed by atoms with E-state index in [0.29, 0.717) is 6.61 Å². The number of nitrogens with zero attached hydrogens (tertiary/aromatic N) is 1. The molecule has 0 aromatic rings. The zero-order valence-corrected chi connectivity index (χ0v) is 22.1. The van der Waals surface area contributed by atoms with Gasteiger partial charge in [0.1, 0.15) is 0 Å². The van der Waals surface area contributed by atoms with Gasteiger partial charge < -0.3 is 0 Å². The van der Waals surface area contributed by atoms with E-state index in [1.54, 1.807) is 0 Å². The third-order valence-corrected chi connectivity index (χ3v) is 8.94. The topological polar surface area (TPSA) is 12.5 Å². The first-order valence-corrected chi connectivity index (χ1v) is 14.0. The molecule has 0 spiro atoms. The molecular weight excluding hydrogens is 390 g/mol. The van der Waals surface area contributed by atoms with E-state index in [9.17, 15) is 0 Å². The van der Waals surface area contributed by atoms with Crippen LogP contribution in [-0.2, 0) is 4.84 Å². The summed E-state index contributed by atoms with van der Waals surface area (Å²) in [5.41, 5.74) is 0.171. The molecule has 184 valence electrons. The zero-order chi connectivity index (χ0) is 23.2. The fraction of sp³-hybridized carbons (Fsp3) is 0.867.